The molecule has 0 bridgehead atoms. The molecule has 1 aliphatic heterocycles. The van der Waals surface area contributed by atoms with Crippen molar-refractivity contribution in [2.75, 3.05) is 23.3 Å². The third-order valence-electron chi connectivity index (χ3n) is 4.74. The molecule has 1 amide bonds. The highest BCUT2D eigenvalue weighted by molar-refractivity contribution is 5.92. The molecule has 1 aromatic carbocycles. The highest BCUT2D eigenvalue weighted by Crippen LogP contribution is 2.27. The van der Waals surface area contributed by atoms with Crippen LogP contribution in [0, 0.1) is 0 Å². The molecule has 5 heteroatoms. The molecule has 0 atom stereocenters. The number of hydrogen-bond acceptors (Lipinski definition) is 4. The average molecular weight is 352 g/mol. The van der Waals surface area contributed by atoms with Gasteiger partial charge in [-0.25, -0.2) is 4.98 Å². The quantitative estimate of drug-likeness (QED) is 0.849. The molecule has 5 nitrogen and oxygen atoms in total. The molecule has 3 rings (SSSR count). The van der Waals surface area contributed by atoms with E-state index in [2.05, 4.69) is 27.8 Å². The number of nitrogens with zero attached hydrogens (tertiary/aromatic N) is 2. The van der Waals surface area contributed by atoms with Gasteiger partial charge in [0.05, 0.1) is 0 Å². The van der Waals surface area contributed by atoms with Crippen molar-refractivity contribution >= 4 is 23.1 Å². The second-order valence-electron chi connectivity index (χ2n) is 6.80. The van der Waals surface area contributed by atoms with Crippen molar-refractivity contribution in [3.05, 3.63) is 48.2 Å². The van der Waals surface area contributed by atoms with Gasteiger partial charge in [-0.3, -0.25) is 4.79 Å². The summed E-state index contributed by atoms with van der Waals surface area (Å²) < 4.78 is 0. The van der Waals surface area contributed by atoms with Crippen LogP contribution in [-0.2, 0) is 11.3 Å². The lowest BCUT2D eigenvalue weighted by molar-refractivity contribution is -0.116. The zero-order valence-corrected chi connectivity index (χ0v) is 15.5. The predicted octanol–water partition coefficient (Wildman–Crippen LogP) is 4.23. The molecule has 0 aliphatic carbocycles. The van der Waals surface area contributed by atoms with Crippen LogP contribution >= 0.6 is 0 Å². The minimum Gasteiger partial charge on any atom is -0.340 e. The number of carbonyl (C=O) groups excluding carboxylic acids is 1. The third-order valence-corrected chi connectivity index (χ3v) is 4.74. The van der Waals surface area contributed by atoms with Gasteiger partial charge in [-0.1, -0.05) is 25.3 Å². The number of amides is 1. The summed E-state index contributed by atoms with van der Waals surface area (Å²) in [5.74, 6) is 0.922. The molecule has 2 heterocycles. The van der Waals surface area contributed by atoms with Crippen molar-refractivity contribution in [2.45, 2.75) is 45.6 Å². The molecule has 1 aromatic heterocycles. The molecule has 2 aromatic rings. The monoisotopic (exact) mass is 352 g/mol. The summed E-state index contributed by atoms with van der Waals surface area (Å²) in [5.41, 5.74) is 3.14. The van der Waals surface area contributed by atoms with Gasteiger partial charge in [-0.05, 0) is 55.3 Å². The average Bonchev–Trinajstić information content (AvgIpc) is 2.63. The fourth-order valence-corrected chi connectivity index (χ4v) is 3.37. The predicted molar refractivity (Wildman–Crippen MR) is 107 cm³/mol. The maximum atomic E-state index is 12.2. The topological polar surface area (TPSA) is 57.3 Å². The van der Waals surface area contributed by atoms with Gasteiger partial charge in [0.2, 0.25) is 5.91 Å². The van der Waals surface area contributed by atoms with Crippen molar-refractivity contribution in [2.24, 2.45) is 0 Å². The highest BCUT2D eigenvalue weighted by atomic mass is 16.2. The first-order valence-electron chi connectivity index (χ1n) is 9.54. The van der Waals surface area contributed by atoms with E-state index in [1.54, 1.807) is 13.1 Å². The Morgan fingerprint density at radius 3 is 2.77 bits per heavy atom. The van der Waals surface area contributed by atoms with Gasteiger partial charge in [-0.2, -0.15) is 0 Å². The molecule has 0 spiro atoms. The van der Waals surface area contributed by atoms with Crippen molar-refractivity contribution in [3.8, 4) is 0 Å². The molecule has 0 saturated carbocycles. The van der Waals surface area contributed by atoms with Gasteiger partial charge in [0.1, 0.15) is 5.82 Å². The summed E-state index contributed by atoms with van der Waals surface area (Å²) in [6, 6.07) is 12.0. The smallest absolute Gasteiger partial charge is 0.223 e. The van der Waals surface area contributed by atoms with Crippen LogP contribution in [0.5, 0.6) is 0 Å². The van der Waals surface area contributed by atoms with Crippen LogP contribution in [0.2, 0.25) is 0 Å². The second kappa shape index (κ2) is 9.34. The molecule has 1 aliphatic rings. The molecule has 138 valence electrons. The number of nitrogens with one attached hydrogen (secondary N) is 2. The zero-order chi connectivity index (χ0) is 18.2. The number of hydrogen-bond donors (Lipinski definition) is 2. The van der Waals surface area contributed by atoms with Crippen LogP contribution in [0.25, 0.3) is 0 Å². The van der Waals surface area contributed by atoms with Crippen LogP contribution in [0.15, 0.2) is 42.6 Å². The van der Waals surface area contributed by atoms with Gasteiger partial charge >= 0.3 is 0 Å². The maximum Gasteiger partial charge on any atom is 0.223 e. The Kier molecular flexibility index (Phi) is 6.61. The molecule has 2 N–H and O–H groups in total. The van der Waals surface area contributed by atoms with E-state index in [4.69, 9.17) is 0 Å². The summed E-state index contributed by atoms with van der Waals surface area (Å²) in [6.45, 7) is 4.22. The minimum absolute atomic E-state index is 0.105. The van der Waals surface area contributed by atoms with E-state index in [0.29, 0.717) is 0 Å². The van der Waals surface area contributed by atoms with Crippen molar-refractivity contribution < 1.29 is 4.79 Å². The number of anilines is 3. The molecule has 26 heavy (non-hydrogen) atoms. The number of benzene rings is 1. The van der Waals surface area contributed by atoms with Gasteiger partial charge in [0, 0.05) is 37.6 Å². The normalized spacial score (nSPS) is 16.1. The molecular formula is C21H28N4O. The summed E-state index contributed by atoms with van der Waals surface area (Å²) in [7, 11) is 0. The van der Waals surface area contributed by atoms with Crippen LogP contribution in [0.1, 0.15) is 44.6 Å². The fraction of sp³-hybridized carbons (Fsp3) is 0.429. The summed E-state index contributed by atoms with van der Waals surface area (Å²) in [6.07, 6.45) is 7.71. The summed E-state index contributed by atoms with van der Waals surface area (Å²) in [5, 5.41) is 6.87. The largest absolute Gasteiger partial charge is 0.340 e. The second-order valence-corrected chi connectivity index (χ2v) is 6.80. The Morgan fingerprint density at radius 1 is 1.12 bits per heavy atom. The first kappa shape index (κ1) is 18.4. The summed E-state index contributed by atoms with van der Waals surface area (Å²) in [4.78, 5) is 18.5. The molecule has 0 radical (unpaired) electrons. The van der Waals surface area contributed by atoms with E-state index in [-0.39, 0.29) is 5.91 Å². The minimum atomic E-state index is 0.105. The first-order valence-corrected chi connectivity index (χ1v) is 9.54. The van der Waals surface area contributed by atoms with Gasteiger partial charge in [0.15, 0.2) is 0 Å². The van der Waals surface area contributed by atoms with Gasteiger partial charge in [-0.15, -0.1) is 0 Å². The van der Waals surface area contributed by atoms with Crippen LogP contribution in [-0.4, -0.2) is 24.0 Å². The Balaban J connectivity index is 1.87. The SMILES string of the molecule is CC(=O)N1CCCCCCCNCc2cc(Nc3ccccn3)ccc21. The number of aromatic nitrogens is 1. The van der Waals surface area contributed by atoms with Crippen molar-refractivity contribution in [3.63, 3.8) is 0 Å². The number of carbonyl (C=O) groups is 1. The van der Waals surface area contributed by atoms with E-state index in [9.17, 15) is 4.79 Å². The fourth-order valence-electron chi connectivity index (χ4n) is 3.37. The van der Waals surface area contributed by atoms with E-state index >= 15 is 0 Å². The van der Waals surface area contributed by atoms with E-state index in [1.165, 1.54) is 25.7 Å². The number of fused-ring (bicyclic) bond motifs is 1. The van der Waals surface area contributed by atoms with Gasteiger partial charge in [0.25, 0.3) is 0 Å². The Hall–Kier alpha value is -2.40. The lowest BCUT2D eigenvalue weighted by Gasteiger charge is -2.25. The standard InChI is InChI=1S/C21H28N4O/c1-17(26)25-14-8-4-2-3-6-12-22-16-18-15-19(10-11-20(18)25)24-21-9-5-7-13-23-21/h5,7,9-11,13,15,22H,2-4,6,8,12,14,16H2,1H3,(H,23,24). The Morgan fingerprint density at radius 2 is 1.96 bits per heavy atom. The number of pyridine rings is 1. The molecule has 0 unspecified atom stereocenters. The van der Waals surface area contributed by atoms with E-state index in [0.717, 1.165) is 48.8 Å². The lowest BCUT2D eigenvalue weighted by atomic mass is 10.1. The first-order chi connectivity index (χ1) is 12.7. The van der Waals surface area contributed by atoms with Crippen LogP contribution in [0.3, 0.4) is 0 Å². The highest BCUT2D eigenvalue weighted by Gasteiger charge is 2.16. The van der Waals surface area contributed by atoms with Crippen molar-refractivity contribution in [1.82, 2.24) is 10.3 Å². The summed E-state index contributed by atoms with van der Waals surface area (Å²) >= 11 is 0. The third kappa shape index (κ3) is 5.05. The Bertz CT molecular complexity index is 717. The van der Waals surface area contributed by atoms with E-state index < -0.39 is 0 Å². The zero-order valence-electron chi connectivity index (χ0n) is 15.5. The lowest BCUT2D eigenvalue weighted by Crippen LogP contribution is -2.31. The van der Waals surface area contributed by atoms with E-state index in [1.807, 2.05) is 29.2 Å². The van der Waals surface area contributed by atoms with Crippen LogP contribution < -0.4 is 15.5 Å². The molecule has 0 saturated heterocycles. The molecular weight excluding hydrogens is 324 g/mol. The maximum absolute atomic E-state index is 12.2. The molecule has 0 fully saturated rings. The van der Waals surface area contributed by atoms with Crippen LogP contribution in [0.4, 0.5) is 17.2 Å². The Labute approximate surface area is 155 Å². The number of rotatable bonds is 2. The van der Waals surface area contributed by atoms with Crippen molar-refractivity contribution in [1.29, 1.82) is 0 Å². The van der Waals surface area contributed by atoms with Gasteiger partial charge < -0.3 is 15.5 Å².